The number of benzene rings is 1. The van der Waals surface area contributed by atoms with E-state index in [9.17, 15) is 19.2 Å². The maximum Gasteiger partial charge on any atom is 0.413 e. The Kier molecular flexibility index (Phi) is 8.22. The largest absolute Gasteiger partial charge is 0.444 e. The molecule has 4 rings (SSSR count). The van der Waals surface area contributed by atoms with Crippen molar-refractivity contribution in [2.75, 3.05) is 19.8 Å². The number of ether oxygens (including phenoxy) is 2. The summed E-state index contributed by atoms with van der Waals surface area (Å²) in [6.07, 6.45) is 4.14. The van der Waals surface area contributed by atoms with Crippen molar-refractivity contribution in [2.24, 2.45) is 11.7 Å². The van der Waals surface area contributed by atoms with Crippen LogP contribution in [0.15, 0.2) is 30.3 Å². The third-order valence-electron chi connectivity index (χ3n) is 7.16. The number of cyclic esters (lactones) is 1. The van der Waals surface area contributed by atoms with Crippen molar-refractivity contribution in [3.8, 4) is 0 Å². The molecule has 2 heterocycles. The highest BCUT2D eigenvalue weighted by atomic mass is 16.6. The standard InChI is InChI=1S/C25H34N4O6/c26-22(23(31)28-12-4-5-13-28)18-8-10-19(11-9-18)27-21(30)14-20-24(32)35-16-29(20)25(33)34-15-17-6-2-1-3-7-17/h1-3,6-7,18-20,22H,4-5,8-16,26H2,(H,27,30)/t18-,19-,20-,22-/m0/s1. The third kappa shape index (κ3) is 6.30. The Morgan fingerprint density at radius 3 is 2.46 bits per heavy atom. The fraction of sp³-hybridized carbons (Fsp3) is 0.600. The second-order valence-corrected chi connectivity index (χ2v) is 9.56. The van der Waals surface area contributed by atoms with E-state index in [1.807, 2.05) is 35.2 Å². The first-order valence-corrected chi connectivity index (χ1v) is 12.4. The van der Waals surface area contributed by atoms with E-state index < -0.39 is 24.1 Å². The van der Waals surface area contributed by atoms with E-state index in [-0.39, 0.29) is 43.5 Å². The van der Waals surface area contributed by atoms with Crippen molar-refractivity contribution in [1.29, 1.82) is 0 Å². The van der Waals surface area contributed by atoms with Crippen molar-refractivity contribution >= 4 is 23.9 Å². The van der Waals surface area contributed by atoms with Gasteiger partial charge in [0.2, 0.25) is 11.8 Å². The van der Waals surface area contributed by atoms with E-state index in [0.717, 1.165) is 62.1 Å². The van der Waals surface area contributed by atoms with E-state index in [0.29, 0.717) is 0 Å². The van der Waals surface area contributed by atoms with Gasteiger partial charge in [-0.25, -0.2) is 9.59 Å². The number of nitrogens with two attached hydrogens (primary N) is 1. The molecule has 10 nitrogen and oxygen atoms in total. The zero-order chi connectivity index (χ0) is 24.8. The number of esters is 1. The molecule has 2 saturated heterocycles. The number of hydrogen-bond donors (Lipinski definition) is 2. The van der Waals surface area contributed by atoms with E-state index in [1.165, 1.54) is 0 Å². The Morgan fingerprint density at radius 1 is 1.09 bits per heavy atom. The van der Waals surface area contributed by atoms with Crippen LogP contribution >= 0.6 is 0 Å². The molecule has 3 N–H and O–H groups in total. The highest BCUT2D eigenvalue weighted by molar-refractivity contribution is 5.89. The number of hydrogen-bond acceptors (Lipinski definition) is 7. The minimum absolute atomic E-state index is 0.0361. The molecule has 1 aliphatic carbocycles. The molecule has 1 aromatic carbocycles. The topological polar surface area (TPSA) is 131 Å². The average molecular weight is 487 g/mol. The van der Waals surface area contributed by atoms with E-state index >= 15 is 0 Å². The number of carbonyl (C=O) groups excluding carboxylic acids is 4. The van der Waals surface area contributed by atoms with E-state index in [1.54, 1.807) is 0 Å². The number of nitrogens with one attached hydrogen (secondary N) is 1. The zero-order valence-corrected chi connectivity index (χ0v) is 19.9. The highest BCUT2D eigenvalue weighted by Gasteiger charge is 2.41. The van der Waals surface area contributed by atoms with Gasteiger partial charge in [-0.3, -0.25) is 14.5 Å². The fourth-order valence-corrected chi connectivity index (χ4v) is 5.06. The van der Waals surface area contributed by atoms with Gasteiger partial charge in [-0.15, -0.1) is 0 Å². The molecule has 2 aliphatic heterocycles. The SMILES string of the molecule is N[C@H](C(=O)N1CCCC1)[C@H]1CC[C@H](NC(=O)C[C@H]2C(=O)OCN2C(=O)OCc2ccccc2)CC1. The molecule has 1 aromatic rings. The summed E-state index contributed by atoms with van der Waals surface area (Å²) < 4.78 is 10.3. The molecule has 190 valence electrons. The fourth-order valence-electron chi connectivity index (χ4n) is 5.06. The smallest absolute Gasteiger partial charge is 0.413 e. The lowest BCUT2D eigenvalue weighted by Crippen LogP contribution is -2.49. The molecule has 0 radical (unpaired) electrons. The van der Waals surface area contributed by atoms with Crippen molar-refractivity contribution in [3.63, 3.8) is 0 Å². The summed E-state index contributed by atoms with van der Waals surface area (Å²) >= 11 is 0. The predicted octanol–water partition coefficient (Wildman–Crippen LogP) is 1.52. The summed E-state index contributed by atoms with van der Waals surface area (Å²) in [5, 5.41) is 2.97. The van der Waals surface area contributed by atoms with E-state index in [2.05, 4.69) is 5.32 Å². The Labute approximate surface area is 205 Å². The monoisotopic (exact) mass is 486 g/mol. The maximum absolute atomic E-state index is 12.7. The minimum Gasteiger partial charge on any atom is -0.444 e. The van der Waals surface area contributed by atoms with Crippen LogP contribution in [0.1, 0.15) is 50.5 Å². The van der Waals surface area contributed by atoms with Gasteiger partial charge < -0.3 is 25.4 Å². The van der Waals surface area contributed by atoms with Crippen molar-refractivity contribution in [3.05, 3.63) is 35.9 Å². The molecule has 1 saturated carbocycles. The van der Waals surface area contributed by atoms with E-state index in [4.69, 9.17) is 15.2 Å². The maximum atomic E-state index is 12.7. The molecule has 3 amide bonds. The lowest BCUT2D eigenvalue weighted by atomic mass is 9.81. The summed E-state index contributed by atoms with van der Waals surface area (Å²) in [6.45, 7) is 1.41. The molecule has 2 atom stereocenters. The number of rotatable bonds is 7. The van der Waals surface area contributed by atoms with Crippen LogP contribution in [0.4, 0.5) is 4.79 Å². The van der Waals surface area contributed by atoms with Gasteiger partial charge in [-0.05, 0) is 50.0 Å². The molecular weight excluding hydrogens is 452 g/mol. The number of carbonyl (C=O) groups is 4. The van der Waals surface area contributed by atoms with Crippen LogP contribution in [0.25, 0.3) is 0 Å². The van der Waals surface area contributed by atoms with Crippen molar-refractivity contribution < 1.29 is 28.7 Å². The van der Waals surface area contributed by atoms with Gasteiger partial charge in [0.1, 0.15) is 12.6 Å². The first-order chi connectivity index (χ1) is 16.9. The van der Waals surface area contributed by atoms with Crippen LogP contribution in [-0.4, -0.2) is 71.6 Å². The van der Waals surface area contributed by atoms with Crippen molar-refractivity contribution in [1.82, 2.24) is 15.1 Å². The van der Waals surface area contributed by atoms with Crippen LogP contribution in [0, 0.1) is 5.92 Å². The lowest BCUT2D eigenvalue weighted by molar-refractivity contribution is -0.140. The number of likely N-dealkylation sites (tertiary alicyclic amines) is 1. The Morgan fingerprint density at radius 2 is 1.77 bits per heavy atom. The molecular formula is C25H34N4O6. The number of amides is 3. The first-order valence-electron chi connectivity index (χ1n) is 12.4. The van der Waals surface area contributed by atoms with Gasteiger partial charge in [-0.2, -0.15) is 0 Å². The average Bonchev–Trinajstić information content (AvgIpc) is 3.53. The molecule has 0 bridgehead atoms. The van der Waals surface area contributed by atoms with Gasteiger partial charge >= 0.3 is 12.1 Å². The Balaban J connectivity index is 1.22. The van der Waals surface area contributed by atoms with Crippen LogP contribution in [-0.2, 0) is 30.5 Å². The van der Waals surface area contributed by atoms with Gasteiger partial charge in [0, 0.05) is 19.1 Å². The molecule has 0 unspecified atom stereocenters. The lowest BCUT2D eigenvalue weighted by Gasteiger charge is -2.33. The third-order valence-corrected chi connectivity index (χ3v) is 7.16. The molecule has 10 heteroatoms. The second kappa shape index (κ2) is 11.5. The highest BCUT2D eigenvalue weighted by Crippen LogP contribution is 2.28. The van der Waals surface area contributed by atoms with Gasteiger partial charge in [-0.1, -0.05) is 30.3 Å². The van der Waals surface area contributed by atoms with Gasteiger partial charge in [0.15, 0.2) is 6.73 Å². The van der Waals surface area contributed by atoms with Crippen LogP contribution in [0.5, 0.6) is 0 Å². The Bertz CT molecular complexity index is 912. The molecule has 0 aromatic heterocycles. The Hall–Kier alpha value is -3.14. The first kappa shape index (κ1) is 25.0. The summed E-state index contributed by atoms with van der Waals surface area (Å²) in [5.74, 6) is -0.799. The molecule has 35 heavy (non-hydrogen) atoms. The molecule has 3 aliphatic rings. The minimum atomic E-state index is -1.01. The van der Waals surface area contributed by atoms with Gasteiger partial charge in [0.05, 0.1) is 12.5 Å². The van der Waals surface area contributed by atoms with Crippen molar-refractivity contribution in [2.45, 2.75) is 69.7 Å². The van der Waals surface area contributed by atoms with Crippen LogP contribution in [0.3, 0.4) is 0 Å². The molecule has 0 spiro atoms. The molecule has 3 fully saturated rings. The quantitative estimate of drug-likeness (QED) is 0.559. The van der Waals surface area contributed by atoms with Crippen LogP contribution in [0.2, 0.25) is 0 Å². The second-order valence-electron chi connectivity index (χ2n) is 9.56. The number of nitrogens with zero attached hydrogens (tertiary/aromatic N) is 2. The summed E-state index contributed by atoms with van der Waals surface area (Å²) in [5.41, 5.74) is 7.09. The summed E-state index contributed by atoms with van der Waals surface area (Å²) in [7, 11) is 0. The van der Waals surface area contributed by atoms with Gasteiger partial charge in [0.25, 0.3) is 0 Å². The summed E-state index contributed by atoms with van der Waals surface area (Å²) in [4.78, 5) is 52.9. The van der Waals surface area contributed by atoms with Crippen LogP contribution < -0.4 is 11.1 Å². The zero-order valence-electron chi connectivity index (χ0n) is 19.9. The normalized spacial score (nSPS) is 25.2. The summed E-state index contributed by atoms with van der Waals surface area (Å²) in [6, 6.07) is 7.64. The predicted molar refractivity (Wildman–Crippen MR) is 126 cm³/mol.